The van der Waals surface area contributed by atoms with Crippen molar-refractivity contribution >= 4 is 18.0 Å². The van der Waals surface area contributed by atoms with Crippen LogP contribution in [0.15, 0.2) is 36.1 Å². The maximum absolute atomic E-state index is 12.7. The zero-order chi connectivity index (χ0) is 30.0. The van der Waals surface area contributed by atoms with Gasteiger partial charge in [0.2, 0.25) is 6.29 Å². The van der Waals surface area contributed by atoms with E-state index in [-0.39, 0.29) is 11.3 Å². The number of fused-ring (bicyclic) bond motifs is 1. The van der Waals surface area contributed by atoms with Gasteiger partial charge in [0.15, 0.2) is 17.8 Å². The minimum atomic E-state index is -1.79. The highest BCUT2D eigenvalue weighted by atomic mass is 16.8. The Kier molecular flexibility index (Phi) is 9.51. The van der Waals surface area contributed by atoms with Gasteiger partial charge in [-0.2, -0.15) is 0 Å². The highest BCUT2D eigenvalue weighted by molar-refractivity contribution is 5.90. The summed E-state index contributed by atoms with van der Waals surface area (Å²) in [5, 5.41) is 80.4. The van der Waals surface area contributed by atoms with Gasteiger partial charge >= 0.3 is 11.9 Å². The third-order valence-corrected chi connectivity index (χ3v) is 7.45. The van der Waals surface area contributed by atoms with Gasteiger partial charge in [0.25, 0.3) is 0 Å². The zero-order valence-electron chi connectivity index (χ0n) is 21.7. The van der Waals surface area contributed by atoms with E-state index in [1.165, 1.54) is 24.3 Å². The van der Waals surface area contributed by atoms with Gasteiger partial charge in [-0.3, -0.25) is 0 Å². The molecular weight excluding hydrogens is 552 g/mol. The molecule has 8 N–H and O–H groups in total. The molecule has 2 fully saturated rings. The number of hydrogen-bond acceptors (Lipinski definition) is 15. The summed E-state index contributed by atoms with van der Waals surface area (Å²) in [6.45, 7) is -1.40. The Morgan fingerprint density at radius 1 is 0.951 bits per heavy atom. The summed E-state index contributed by atoms with van der Waals surface area (Å²) in [4.78, 5) is 25.4. The number of carbonyl (C=O) groups excluding carboxylic acids is 2. The van der Waals surface area contributed by atoms with Crippen molar-refractivity contribution in [1.29, 1.82) is 0 Å². The normalized spacial score (nSPS) is 36.8. The van der Waals surface area contributed by atoms with E-state index in [0.29, 0.717) is 5.56 Å². The Hall–Kier alpha value is -3.28. The summed E-state index contributed by atoms with van der Waals surface area (Å²) in [5.41, 5.74) is 0.191. The standard InChI is InChI=1S/C26H32O15/c1-37-24(36)12-9-38-25(41-26-22(35)21(34)20(33)15(8-28)39-26)18-11(7-27)19(32)23(17(12)18)40-16(31)5-3-10-2-4-13(29)14(30)6-10/h2-6,9,11,15,17-23,25-30,32-35H,7-8H2,1H3/b5-3+/t11-,15?,17-,18-,19-,20?,21?,22?,23+,25+,26?/m1/s1. The SMILES string of the molecule is COC(=O)C1=CO[C@@H](OC2OC(CO)C(O)C(O)C2O)[C@@H]2[C@@H](CO)[C@@H](O)[C@@H](OC(=O)/C=C/c3ccc(O)c(O)c3)[C@H]12. The fourth-order valence-electron chi connectivity index (χ4n) is 5.33. The number of ether oxygens (including phenoxy) is 5. The maximum atomic E-state index is 12.7. The molecule has 1 aromatic carbocycles. The molecular formula is C26H32O15. The number of benzene rings is 1. The smallest absolute Gasteiger partial charge is 0.337 e. The molecule has 0 radical (unpaired) electrons. The van der Waals surface area contributed by atoms with E-state index in [4.69, 9.17) is 23.7 Å². The van der Waals surface area contributed by atoms with Crippen LogP contribution in [-0.4, -0.2) is 122 Å². The van der Waals surface area contributed by atoms with Crippen LogP contribution in [0.2, 0.25) is 0 Å². The second-order valence-corrected chi connectivity index (χ2v) is 9.83. The van der Waals surface area contributed by atoms with E-state index in [0.717, 1.165) is 19.4 Å². The van der Waals surface area contributed by atoms with Crippen molar-refractivity contribution in [3.8, 4) is 11.5 Å². The number of rotatable bonds is 8. The van der Waals surface area contributed by atoms with Crippen LogP contribution in [-0.2, 0) is 33.3 Å². The number of aromatic hydroxyl groups is 2. The molecule has 0 spiro atoms. The molecule has 15 heteroatoms. The molecule has 0 amide bonds. The first-order valence-electron chi connectivity index (χ1n) is 12.6. The Balaban J connectivity index is 1.60. The number of phenolic OH excluding ortho intramolecular Hbond substituents is 2. The number of esters is 2. The molecule has 1 saturated heterocycles. The van der Waals surface area contributed by atoms with E-state index in [9.17, 15) is 50.4 Å². The summed E-state index contributed by atoms with van der Waals surface area (Å²) in [6, 6.07) is 3.82. The molecule has 11 atom stereocenters. The highest BCUT2D eigenvalue weighted by Crippen LogP contribution is 2.49. The first-order valence-corrected chi connectivity index (χ1v) is 12.6. The van der Waals surface area contributed by atoms with E-state index in [1.54, 1.807) is 0 Å². The fraction of sp³-hybridized carbons (Fsp3) is 0.538. The summed E-state index contributed by atoms with van der Waals surface area (Å²) in [5.74, 6) is -5.94. The largest absolute Gasteiger partial charge is 0.504 e. The molecule has 5 unspecified atom stereocenters. The van der Waals surface area contributed by atoms with Crippen molar-refractivity contribution in [2.45, 2.75) is 49.2 Å². The van der Waals surface area contributed by atoms with Crippen LogP contribution in [0.4, 0.5) is 0 Å². The summed E-state index contributed by atoms with van der Waals surface area (Å²) >= 11 is 0. The maximum Gasteiger partial charge on any atom is 0.337 e. The van der Waals surface area contributed by atoms with Gasteiger partial charge in [0.1, 0.15) is 30.5 Å². The highest BCUT2D eigenvalue weighted by Gasteiger charge is 2.60. The van der Waals surface area contributed by atoms with Crippen LogP contribution in [0.1, 0.15) is 5.56 Å². The average molecular weight is 585 g/mol. The Bertz CT molecular complexity index is 1170. The molecule has 41 heavy (non-hydrogen) atoms. The van der Waals surface area contributed by atoms with E-state index >= 15 is 0 Å². The molecule has 2 heterocycles. The van der Waals surface area contributed by atoms with Crippen LogP contribution in [0.25, 0.3) is 6.08 Å². The summed E-state index contributed by atoms with van der Waals surface area (Å²) in [7, 11) is 1.10. The summed E-state index contributed by atoms with van der Waals surface area (Å²) in [6.07, 6.45) is -9.32. The van der Waals surface area contributed by atoms with Crippen LogP contribution in [0, 0.1) is 17.8 Å². The third kappa shape index (κ3) is 6.02. The third-order valence-electron chi connectivity index (χ3n) is 7.45. The molecule has 4 rings (SSSR count). The minimum Gasteiger partial charge on any atom is -0.504 e. The molecule has 15 nitrogen and oxygen atoms in total. The van der Waals surface area contributed by atoms with Crippen molar-refractivity contribution in [3.63, 3.8) is 0 Å². The van der Waals surface area contributed by atoms with Gasteiger partial charge in [-0.15, -0.1) is 0 Å². The molecule has 1 aromatic rings. The minimum absolute atomic E-state index is 0.147. The van der Waals surface area contributed by atoms with E-state index in [2.05, 4.69) is 0 Å². The van der Waals surface area contributed by atoms with Crippen LogP contribution in [0.3, 0.4) is 0 Å². The lowest BCUT2D eigenvalue weighted by Gasteiger charge is -2.43. The lowest BCUT2D eigenvalue weighted by molar-refractivity contribution is -0.343. The van der Waals surface area contributed by atoms with Crippen LogP contribution < -0.4 is 0 Å². The number of phenols is 2. The van der Waals surface area contributed by atoms with Crippen molar-refractivity contribution in [2.75, 3.05) is 20.3 Å². The fourth-order valence-corrected chi connectivity index (χ4v) is 5.33. The lowest BCUT2D eigenvalue weighted by Crippen LogP contribution is -2.60. The first-order chi connectivity index (χ1) is 19.5. The average Bonchev–Trinajstić information content (AvgIpc) is 3.24. The first kappa shape index (κ1) is 30.7. The monoisotopic (exact) mass is 584 g/mol. The molecule has 0 bridgehead atoms. The second kappa shape index (κ2) is 12.7. The molecule has 226 valence electrons. The van der Waals surface area contributed by atoms with Gasteiger partial charge in [0, 0.05) is 30.4 Å². The molecule has 3 aliphatic rings. The van der Waals surface area contributed by atoms with Gasteiger partial charge in [0.05, 0.1) is 31.7 Å². The Labute approximate surface area is 233 Å². The number of hydrogen-bond donors (Lipinski definition) is 8. The van der Waals surface area contributed by atoms with Crippen LogP contribution >= 0.6 is 0 Å². The van der Waals surface area contributed by atoms with Gasteiger partial charge in [-0.25, -0.2) is 9.59 Å². The predicted molar refractivity (Wildman–Crippen MR) is 132 cm³/mol. The number of aliphatic hydroxyl groups is 6. The zero-order valence-corrected chi connectivity index (χ0v) is 21.7. The molecule has 1 saturated carbocycles. The number of carbonyl (C=O) groups is 2. The van der Waals surface area contributed by atoms with E-state index < -0.39 is 97.9 Å². The predicted octanol–water partition coefficient (Wildman–Crippen LogP) is -2.53. The van der Waals surface area contributed by atoms with Crippen molar-refractivity contribution in [2.24, 2.45) is 17.8 Å². The number of methoxy groups -OCH3 is 1. The van der Waals surface area contributed by atoms with Gasteiger partial charge in [-0.05, 0) is 23.8 Å². The lowest BCUT2D eigenvalue weighted by atomic mass is 9.82. The van der Waals surface area contributed by atoms with Gasteiger partial charge < -0.3 is 64.5 Å². The quantitative estimate of drug-likeness (QED) is 0.0892. The molecule has 2 aliphatic heterocycles. The van der Waals surface area contributed by atoms with Crippen molar-refractivity contribution < 1.29 is 74.1 Å². The molecule has 1 aliphatic carbocycles. The van der Waals surface area contributed by atoms with Crippen molar-refractivity contribution in [1.82, 2.24) is 0 Å². The number of aliphatic hydroxyl groups excluding tert-OH is 6. The second-order valence-electron chi connectivity index (χ2n) is 9.83. The topological polar surface area (TPSA) is 242 Å². The van der Waals surface area contributed by atoms with E-state index in [1.807, 2.05) is 0 Å². The van der Waals surface area contributed by atoms with Crippen LogP contribution in [0.5, 0.6) is 11.5 Å². The van der Waals surface area contributed by atoms with Crippen molar-refractivity contribution in [3.05, 3.63) is 41.7 Å². The van der Waals surface area contributed by atoms with Gasteiger partial charge in [-0.1, -0.05) is 6.07 Å². The Morgan fingerprint density at radius 3 is 2.32 bits per heavy atom. The molecule has 0 aromatic heterocycles. The Morgan fingerprint density at radius 2 is 1.68 bits per heavy atom. The summed E-state index contributed by atoms with van der Waals surface area (Å²) < 4.78 is 27.0.